The average Bonchev–Trinajstić information content (AvgIpc) is 3.30. The highest BCUT2D eigenvalue weighted by molar-refractivity contribution is 5.74. The molecule has 0 saturated carbocycles. The SMILES string of the molecule is Cc1ccc2c(c1)OC(C)CCCCOC1(C)CCN(CC1)c1c(CC(=O)O)c(C)nc3cc(nn13)COC2C. The Labute approximate surface area is 236 Å². The van der Waals surface area contributed by atoms with Crippen LogP contribution in [0.15, 0.2) is 24.3 Å². The fourth-order valence-corrected chi connectivity index (χ4v) is 5.78. The van der Waals surface area contributed by atoms with E-state index in [2.05, 4.69) is 43.9 Å². The molecule has 9 heteroatoms. The molecule has 3 aromatic rings. The third kappa shape index (κ3) is 6.25. The number of nitrogens with zero attached hydrogens (tertiary/aromatic N) is 4. The zero-order valence-corrected chi connectivity index (χ0v) is 24.4. The summed E-state index contributed by atoms with van der Waals surface area (Å²) in [5.41, 5.74) is 4.80. The number of carboxylic acids is 1. The lowest BCUT2D eigenvalue weighted by atomic mass is 9.92. The highest BCUT2D eigenvalue weighted by Crippen LogP contribution is 2.34. The highest BCUT2D eigenvalue weighted by atomic mass is 16.5. The fourth-order valence-electron chi connectivity index (χ4n) is 5.78. The summed E-state index contributed by atoms with van der Waals surface area (Å²) in [6, 6.07) is 8.18. The van der Waals surface area contributed by atoms with Crippen LogP contribution in [-0.2, 0) is 27.3 Å². The summed E-state index contributed by atoms with van der Waals surface area (Å²) in [6.07, 6.45) is 4.45. The Kier molecular flexibility index (Phi) is 8.33. The normalized spacial score (nSPS) is 24.6. The maximum Gasteiger partial charge on any atom is 0.308 e. The van der Waals surface area contributed by atoms with E-state index in [0.717, 1.165) is 80.2 Å². The molecule has 3 aliphatic heterocycles. The van der Waals surface area contributed by atoms with Gasteiger partial charge in [0.25, 0.3) is 0 Å². The van der Waals surface area contributed by atoms with E-state index in [9.17, 15) is 9.90 Å². The van der Waals surface area contributed by atoms with Gasteiger partial charge >= 0.3 is 5.97 Å². The molecule has 0 amide bonds. The number of benzene rings is 1. The second kappa shape index (κ2) is 11.7. The number of aliphatic carboxylic acids is 1. The molecule has 3 aliphatic rings. The smallest absolute Gasteiger partial charge is 0.308 e. The molecular formula is C31H42N4O5. The minimum absolute atomic E-state index is 0.0864. The lowest BCUT2D eigenvalue weighted by Crippen LogP contribution is -2.45. The lowest BCUT2D eigenvalue weighted by molar-refractivity contribution is -0.136. The van der Waals surface area contributed by atoms with Crippen LogP contribution in [0.25, 0.3) is 5.65 Å². The number of fused-ring (bicyclic) bond motifs is 10. The minimum atomic E-state index is -0.882. The van der Waals surface area contributed by atoms with Crippen molar-refractivity contribution in [2.24, 2.45) is 0 Å². The van der Waals surface area contributed by atoms with Crippen LogP contribution in [0.2, 0.25) is 0 Å². The summed E-state index contributed by atoms with van der Waals surface area (Å²) >= 11 is 0. The van der Waals surface area contributed by atoms with Gasteiger partial charge in [0.2, 0.25) is 0 Å². The van der Waals surface area contributed by atoms with Gasteiger partial charge < -0.3 is 24.2 Å². The number of aryl methyl sites for hydroxylation is 2. The fraction of sp³-hybridized carbons (Fsp3) is 0.581. The third-order valence-electron chi connectivity index (χ3n) is 8.25. The van der Waals surface area contributed by atoms with Gasteiger partial charge in [0, 0.05) is 42.6 Å². The predicted molar refractivity (Wildman–Crippen MR) is 153 cm³/mol. The molecule has 5 heterocycles. The van der Waals surface area contributed by atoms with E-state index in [-0.39, 0.29) is 24.2 Å². The molecule has 40 heavy (non-hydrogen) atoms. The van der Waals surface area contributed by atoms with Crippen LogP contribution in [0.4, 0.5) is 5.82 Å². The van der Waals surface area contributed by atoms with Crippen molar-refractivity contribution in [2.45, 2.75) is 97.6 Å². The number of anilines is 1. The molecular weight excluding hydrogens is 508 g/mol. The zero-order valence-electron chi connectivity index (χ0n) is 24.4. The minimum Gasteiger partial charge on any atom is -0.490 e. The Bertz CT molecular complexity index is 1360. The molecule has 216 valence electrons. The third-order valence-corrected chi connectivity index (χ3v) is 8.25. The monoisotopic (exact) mass is 550 g/mol. The Balaban J connectivity index is 1.52. The number of hydrogen-bond donors (Lipinski definition) is 1. The molecule has 0 aliphatic carbocycles. The van der Waals surface area contributed by atoms with E-state index in [1.54, 1.807) is 4.52 Å². The van der Waals surface area contributed by atoms with Gasteiger partial charge in [-0.05, 0) is 78.4 Å². The second-order valence-corrected chi connectivity index (χ2v) is 11.7. The number of ether oxygens (including phenoxy) is 3. The Morgan fingerprint density at radius 2 is 1.93 bits per heavy atom. The van der Waals surface area contributed by atoms with Crippen molar-refractivity contribution >= 4 is 17.4 Å². The van der Waals surface area contributed by atoms with Crippen LogP contribution in [0.1, 0.15) is 87.1 Å². The molecule has 0 radical (unpaired) electrons. The quantitative estimate of drug-likeness (QED) is 0.442. The molecule has 4 bridgehead atoms. The second-order valence-electron chi connectivity index (χ2n) is 11.7. The first-order valence-corrected chi connectivity index (χ1v) is 14.5. The van der Waals surface area contributed by atoms with E-state index in [4.69, 9.17) is 24.3 Å². The van der Waals surface area contributed by atoms with Crippen molar-refractivity contribution in [2.75, 3.05) is 24.6 Å². The molecule has 1 fully saturated rings. The van der Waals surface area contributed by atoms with E-state index in [1.807, 2.05) is 19.9 Å². The van der Waals surface area contributed by atoms with Crippen LogP contribution < -0.4 is 9.64 Å². The average molecular weight is 551 g/mol. The largest absolute Gasteiger partial charge is 0.490 e. The van der Waals surface area contributed by atoms with Gasteiger partial charge in [0.05, 0.1) is 36.5 Å². The van der Waals surface area contributed by atoms with Crippen molar-refractivity contribution < 1.29 is 24.1 Å². The van der Waals surface area contributed by atoms with Crippen molar-refractivity contribution in [1.82, 2.24) is 14.6 Å². The number of carboxylic acid groups (broad SMARTS) is 1. The predicted octanol–water partition coefficient (Wildman–Crippen LogP) is 5.58. The molecule has 6 rings (SSSR count). The molecule has 2 unspecified atom stereocenters. The van der Waals surface area contributed by atoms with Gasteiger partial charge in [0.15, 0.2) is 5.65 Å². The number of hydrogen-bond acceptors (Lipinski definition) is 7. The van der Waals surface area contributed by atoms with E-state index < -0.39 is 5.97 Å². The number of carbonyl (C=O) groups is 1. The van der Waals surface area contributed by atoms with Crippen molar-refractivity contribution in [1.29, 1.82) is 0 Å². The highest BCUT2D eigenvalue weighted by Gasteiger charge is 2.33. The molecule has 1 aromatic carbocycles. The van der Waals surface area contributed by atoms with E-state index >= 15 is 0 Å². The van der Waals surface area contributed by atoms with Crippen LogP contribution in [0, 0.1) is 13.8 Å². The molecule has 2 aromatic heterocycles. The van der Waals surface area contributed by atoms with Gasteiger partial charge in [-0.1, -0.05) is 12.1 Å². The molecule has 9 nitrogen and oxygen atoms in total. The van der Waals surface area contributed by atoms with Crippen LogP contribution in [0.5, 0.6) is 5.75 Å². The van der Waals surface area contributed by atoms with E-state index in [0.29, 0.717) is 23.5 Å². The first-order valence-electron chi connectivity index (χ1n) is 14.5. The number of piperidine rings is 1. The lowest BCUT2D eigenvalue weighted by Gasteiger charge is -2.41. The number of rotatable bonds is 2. The Morgan fingerprint density at radius 3 is 2.67 bits per heavy atom. The van der Waals surface area contributed by atoms with Crippen LogP contribution >= 0.6 is 0 Å². The summed E-state index contributed by atoms with van der Waals surface area (Å²) in [5.74, 6) is 0.784. The van der Waals surface area contributed by atoms with Gasteiger partial charge in [-0.15, -0.1) is 0 Å². The Hall–Kier alpha value is -3.17. The zero-order chi connectivity index (χ0) is 28.4. The van der Waals surface area contributed by atoms with Crippen molar-refractivity contribution in [3.63, 3.8) is 0 Å². The summed E-state index contributed by atoms with van der Waals surface area (Å²) in [7, 11) is 0. The first kappa shape index (κ1) is 28.4. The van der Waals surface area contributed by atoms with Crippen molar-refractivity contribution in [3.05, 3.63) is 52.3 Å². The summed E-state index contributed by atoms with van der Waals surface area (Å²) in [4.78, 5) is 18.8. The maximum absolute atomic E-state index is 11.8. The molecule has 2 atom stereocenters. The van der Waals surface area contributed by atoms with Crippen LogP contribution in [-0.4, -0.2) is 57.1 Å². The van der Waals surface area contributed by atoms with Gasteiger partial charge in [-0.25, -0.2) is 4.98 Å². The van der Waals surface area contributed by atoms with Crippen molar-refractivity contribution in [3.8, 4) is 5.75 Å². The first-order chi connectivity index (χ1) is 19.1. The topological polar surface area (TPSA) is 98.4 Å². The summed E-state index contributed by atoms with van der Waals surface area (Å²) in [6.45, 7) is 12.8. The van der Waals surface area contributed by atoms with Gasteiger partial charge in [0.1, 0.15) is 11.6 Å². The maximum atomic E-state index is 11.8. The van der Waals surface area contributed by atoms with Gasteiger partial charge in [-0.3, -0.25) is 4.79 Å². The number of aromatic nitrogens is 3. The van der Waals surface area contributed by atoms with Crippen LogP contribution in [0.3, 0.4) is 0 Å². The Morgan fingerprint density at radius 1 is 1.15 bits per heavy atom. The van der Waals surface area contributed by atoms with E-state index in [1.165, 1.54) is 0 Å². The molecule has 1 saturated heterocycles. The van der Waals surface area contributed by atoms with Gasteiger partial charge in [-0.2, -0.15) is 9.61 Å². The molecule has 1 N–H and O–H groups in total. The summed E-state index contributed by atoms with van der Waals surface area (Å²) in [5, 5.41) is 14.6. The summed E-state index contributed by atoms with van der Waals surface area (Å²) < 4.78 is 21.0. The molecule has 0 spiro atoms. The standard InChI is InChI=1S/C31H42N4O5/c1-20-9-10-25-23(4)38-19-24-17-28-32-22(3)26(18-29(36)37)30(35(28)33-24)34-13-11-31(5,12-14-34)39-15-7-6-8-21(2)40-27(25)16-20/h9-10,16-17,21,23H,6-8,11-15,18-19H2,1-5H3,(H,36,37).